The van der Waals surface area contributed by atoms with Crippen molar-refractivity contribution in [2.24, 2.45) is 0 Å². The van der Waals surface area contributed by atoms with Gasteiger partial charge in [0.2, 0.25) is 5.91 Å². The van der Waals surface area contributed by atoms with Gasteiger partial charge < -0.3 is 14.8 Å². The van der Waals surface area contributed by atoms with Crippen molar-refractivity contribution in [3.63, 3.8) is 0 Å². The number of amides is 2. The lowest BCUT2D eigenvalue weighted by atomic mass is 10.2. The molecule has 1 N–H and O–H groups in total. The summed E-state index contributed by atoms with van der Waals surface area (Å²) in [4.78, 5) is 29.1. The number of nitrogens with one attached hydrogen (secondary N) is 1. The molecule has 6 nitrogen and oxygen atoms in total. The Kier molecular flexibility index (Phi) is 6.79. The third-order valence-corrected chi connectivity index (χ3v) is 5.56. The second-order valence-electron chi connectivity index (χ2n) is 7.89. The second-order valence-corrected chi connectivity index (χ2v) is 7.89. The molecule has 0 spiro atoms. The first-order valence-electron chi connectivity index (χ1n) is 10.7. The Morgan fingerprint density at radius 1 is 0.806 bits per heavy atom. The highest BCUT2D eigenvalue weighted by molar-refractivity contribution is 5.94. The van der Waals surface area contributed by atoms with Gasteiger partial charge in [0.1, 0.15) is 0 Å². The van der Waals surface area contributed by atoms with Crippen molar-refractivity contribution < 1.29 is 9.59 Å². The van der Waals surface area contributed by atoms with Crippen LogP contribution in [0.3, 0.4) is 0 Å². The molecule has 2 heterocycles. The lowest BCUT2D eigenvalue weighted by Gasteiger charge is -2.34. The number of piperazine rings is 1. The van der Waals surface area contributed by atoms with E-state index in [1.807, 2.05) is 76.5 Å². The van der Waals surface area contributed by atoms with E-state index >= 15 is 0 Å². The Balaban J connectivity index is 1.22. The van der Waals surface area contributed by atoms with Crippen LogP contribution in [0.2, 0.25) is 0 Å². The molecule has 6 heteroatoms. The fourth-order valence-corrected chi connectivity index (χ4v) is 3.81. The number of nitrogens with zero attached hydrogens (tertiary/aromatic N) is 3. The zero-order valence-electron chi connectivity index (χ0n) is 17.6. The van der Waals surface area contributed by atoms with Gasteiger partial charge in [-0.15, -0.1) is 0 Å². The van der Waals surface area contributed by atoms with E-state index in [1.54, 1.807) is 0 Å². The Morgan fingerprint density at radius 3 is 2.13 bits per heavy atom. The Hall–Kier alpha value is -3.38. The minimum absolute atomic E-state index is 0.0154. The van der Waals surface area contributed by atoms with Crippen molar-refractivity contribution in [2.45, 2.75) is 13.1 Å². The number of rotatable bonds is 7. The highest BCUT2D eigenvalue weighted by atomic mass is 16.2. The summed E-state index contributed by atoms with van der Waals surface area (Å²) in [6, 6.07) is 22.0. The van der Waals surface area contributed by atoms with Crippen molar-refractivity contribution in [3.8, 4) is 0 Å². The van der Waals surface area contributed by atoms with Gasteiger partial charge >= 0.3 is 0 Å². The van der Waals surface area contributed by atoms with E-state index in [-0.39, 0.29) is 11.8 Å². The van der Waals surface area contributed by atoms with Gasteiger partial charge in [0.15, 0.2) is 0 Å². The molecule has 31 heavy (non-hydrogen) atoms. The largest absolute Gasteiger partial charge is 0.351 e. The molecule has 0 saturated carbocycles. The SMILES string of the molecule is O=C(CN1CCN(C(=O)c2ccn(Cc3ccccc3)c2)CC1)NCc1ccccc1. The van der Waals surface area contributed by atoms with E-state index in [0.29, 0.717) is 44.8 Å². The van der Waals surface area contributed by atoms with Crippen LogP contribution in [0.25, 0.3) is 0 Å². The first-order chi connectivity index (χ1) is 15.2. The van der Waals surface area contributed by atoms with E-state index in [0.717, 1.165) is 12.1 Å². The van der Waals surface area contributed by atoms with Crippen molar-refractivity contribution in [3.05, 3.63) is 95.8 Å². The molecular weight excluding hydrogens is 388 g/mol. The molecule has 0 radical (unpaired) electrons. The molecule has 1 aliphatic heterocycles. The molecule has 1 aromatic heterocycles. The highest BCUT2D eigenvalue weighted by Gasteiger charge is 2.23. The third kappa shape index (κ3) is 5.83. The van der Waals surface area contributed by atoms with E-state index in [9.17, 15) is 9.59 Å². The first kappa shape index (κ1) is 20.9. The summed E-state index contributed by atoms with van der Waals surface area (Å²) in [5, 5.41) is 2.96. The summed E-state index contributed by atoms with van der Waals surface area (Å²) in [6.45, 7) is 4.33. The van der Waals surface area contributed by atoms with E-state index in [1.165, 1.54) is 5.56 Å². The molecule has 1 aliphatic rings. The smallest absolute Gasteiger partial charge is 0.255 e. The fourth-order valence-electron chi connectivity index (χ4n) is 3.81. The molecule has 1 fully saturated rings. The average Bonchev–Trinajstić information content (AvgIpc) is 3.27. The Bertz CT molecular complexity index is 993. The number of carbonyl (C=O) groups is 2. The van der Waals surface area contributed by atoms with Crippen LogP contribution >= 0.6 is 0 Å². The van der Waals surface area contributed by atoms with Gasteiger partial charge in [-0.1, -0.05) is 60.7 Å². The maximum absolute atomic E-state index is 12.9. The van der Waals surface area contributed by atoms with E-state index < -0.39 is 0 Å². The van der Waals surface area contributed by atoms with Crippen LogP contribution in [0.15, 0.2) is 79.1 Å². The van der Waals surface area contributed by atoms with Crippen LogP contribution in [-0.4, -0.2) is 58.9 Å². The molecule has 1 saturated heterocycles. The summed E-state index contributed by atoms with van der Waals surface area (Å²) in [6.07, 6.45) is 3.87. The lowest BCUT2D eigenvalue weighted by Crippen LogP contribution is -2.51. The van der Waals surface area contributed by atoms with Gasteiger partial charge in [0.05, 0.1) is 12.1 Å². The van der Waals surface area contributed by atoms with Crippen LogP contribution in [-0.2, 0) is 17.9 Å². The summed E-state index contributed by atoms with van der Waals surface area (Å²) < 4.78 is 2.04. The molecule has 3 aromatic rings. The zero-order chi connectivity index (χ0) is 21.5. The molecule has 2 aromatic carbocycles. The summed E-state index contributed by atoms with van der Waals surface area (Å²) in [5.41, 5.74) is 3.01. The van der Waals surface area contributed by atoms with Gasteiger partial charge in [-0.2, -0.15) is 0 Å². The molecule has 0 atom stereocenters. The average molecular weight is 417 g/mol. The molecule has 0 aliphatic carbocycles. The van der Waals surface area contributed by atoms with Gasteiger partial charge in [-0.3, -0.25) is 14.5 Å². The Morgan fingerprint density at radius 2 is 1.45 bits per heavy atom. The number of hydrogen-bond donors (Lipinski definition) is 1. The first-order valence-corrected chi connectivity index (χ1v) is 10.7. The second kappa shape index (κ2) is 10.1. The lowest BCUT2D eigenvalue weighted by molar-refractivity contribution is -0.122. The number of carbonyl (C=O) groups excluding carboxylic acids is 2. The maximum Gasteiger partial charge on any atom is 0.255 e. The molecule has 4 rings (SSSR count). The minimum atomic E-state index is 0.0154. The Labute approximate surface area is 183 Å². The van der Waals surface area contributed by atoms with Gasteiger partial charge in [0, 0.05) is 51.7 Å². The number of aromatic nitrogens is 1. The summed E-state index contributed by atoms with van der Waals surface area (Å²) in [7, 11) is 0. The van der Waals surface area contributed by atoms with Gasteiger partial charge in [-0.25, -0.2) is 0 Å². The van der Waals surface area contributed by atoms with Crippen molar-refractivity contribution in [1.29, 1.82) is 0 Å². The van der Waals surface area contributed by atoms with E-state index in [2.05, 4.69) is 22.3 Å². The van der Waals surface area contributed by atoms with Crippen LogP contribution < -0.4 is 5.32 Å². The zero-order valence-corrected chi connectivity index (χ0v) is 17.6. The number of benzene rings is 2. The van der Waals surface area contributed by atoms with Crippen LogP contribution in [0.4, 0.5) is 0 Å². The minimum Gasteiger partial charge on any atom is -0.351 e. The molecule has 0 unspecified atom stereocenters. The summed E-state index contributed by atoms with van der Waals surface area (Å²) in [5.74, 6) is 0.0709. The topological polar surface area (TPSA) is 57.6 Å². The molecule has 0 bridgehead atoms. The van der Waals surface area contributed by atoms with Crippen molar-refractivity contribution in [2.75, 3.05) is 32.7 Å². The highest BCUT2D eigenvalue weighted by Crippen LogP contribution is 2.11. The van der Waals surface area contributed by atoms with Crippen LogP contribution in [0.5, 0.6) is 0 Å². The van der Waals surface area contributed by atoms with Gasteiger partial charge in [-0.05, 0) is 17.2 Å². The predicted octanol–water partition coefficient (Wildman–Crippen LogP) is 2.61. The fraction of sp³-hybridized carbons (Fsp3) is 0.280. The monoisotopic (exact) mass is 416 g/mol. The normalized spacial score (nSPS) is 14.4. The molecule has 160 valence electrons. The van der Waals surface area contributed by atoms with Crippen LogP contribution in [0, 0.1) is 0 Å². The predicted molar refractivity (Wildman–Crippen MR) is 121 cm³/mol. The third-order valence-electron chi connectivity index (χ3n) is 5.56. The van der Waals surface area contributed by atoms with Crippen LogP contribution in [0.1, 0.15) is 21.5 Å². The maximum atomic E-state index is 12.9. The number of hydrogen-bond acceptors (Lipinski definition) is 3. The molecular formula is C25H28N4O2. The quantitative estimate of drug-likeness (QED) is 0.644. The molecule has 2 amide bonds. The van der Waals surface area contributed by atoms with E-state index in [4.69, 9.17) is 0 Å². The standard InChI is InChI=1S/C25H28N4O2/c30-24(26-17-21-7-3-1-4-8-21)20-27-13-15-29(16-14-27)25(31)23-11-12-28(19-23)18-22-9-5-2-6-10-22/h1-12,19H,13-18,20H2,(H,26,30). The summed E-state index contributed by atoms with van der Waals surface area (Å²) >= 11 is 0. The van der Waals surface area contributed by atoms with Gasteiger partial charge in [0.25, 0.3) is 5.91 Å². The van der Waals surface area contributed by atoms with Crippen molar-refractivity contribution >= 4 is 11.8 Å². The van der Waals surface area contributed by atoms with Crippen molar-refractivity contribution in [1.82, 2.24) is 19.7 Å².